The number of benzene rings is 1. The number of nitrogens with zero attached hydrogens (tertiary/aromatic N) is 1. The summed E-state index contributed by atoms with van der Waals surface area (Å²) in [6.07, 6.45) is 4.22. The highest BCUT2D eigenvalue weighted by Gasteiger charge is 2.14. The maximum atomic E-state index is 12.2. The second kappa shape index (κ2) is 6.79. The van der Waals surface area contributed by atoms with E-state index >= 15 is 0 Å². The normalized spacial score (nSPS) is 14.0. The fourth-order valence-electron chi connectivity index (χ4n) is 2.52. The van der Waals surface area contributed by atoms with Gasteiger partial charge in [-0.3, -0.25) is 9.78 Å². The lowest BCUT2D eigenvalue weighted by molar-refractivity contribution is 0.0942. The number of nitrogens with one attached hydrogen (secondary N) is 1. The number of amides is 1. The smallest absolute Gasteiger partial charge is 0.252 e. The molecule has 5 nitrogen and oxygen atoms in total. The van der Waals surface area contributed by atoms with Crippen molar-refractivity contribution < 1.29 is 14.6 Å². The zero-order valence-corrected chi connectivity index (χ0v) is 13.1. The quantitative estimate of drug-likeness (QED) is 0.886. The van der Waals surface area contributed by atoms with Crippen LogP contribution in [0.25, 0.3) is 11.1 Å². The van der Waals surface area contributed by atoms with Crippen LogP contribution in [0.5, 0.6) is 5.75 Å². The minimum atomic E-state index is -0.177. The largest absolute Gasteiger partial charge is 0.493 e. The van der Waals surface area contributed by atoms with Crippen molar-refractivity contribution in [1.29, 1.82) is 0 Å². The van der Waals surface area contributed by atoms with E-state index < -0.39 is 0 Å². The lowest BCUT2D eigenvalue weighted by atomic mass is 10.0. The molecule has 1 aromatic heterocycles. The molecule has 120 valence electrons. The first-order chi connectivity index (χ1) is 11.2. The van der Waals surface area contributed by atoms with Crippen molar-refractivity contribution in [1.82, 2.24) is 10.3 Å². The third-order valence-corrected chi connectivity index (χ3v) is 3.95. The Morgan fingerprint density at radius 3 is 3.04 bits per heavy atom. The van der Waals surface area contributed by atoms with E-state index in [1.165, 1.54) is 5.56 Å². The van der Waals surface area contributed by atoms with Crippen LogP contribution in [0.2, 0.25) is 0 Å². The Bertz CT molecular complexity index is 715. The monoisotopic (exact) mass is 312 g/mol. The van der Waals surface area contributed by atoms with Gasteiger partial charge in [0.15, 0.2) is 0 Å². The third-order valence-electron chi connectivity index (χ3n) is 3.95. The molecule has 0 spiro atoms. The Hall–Kier alpha value is -2.40. The van der Waals surface area contributed by atoms with Gasteiger partial charge in [-0.15, -0.1) is 0 Å². The minimum Gasteiger partial charge on any atom is -0.493 e. The number of fused-ring (bicyclic) bond motifs is 1. The first kappa shape index (κ1) is 15.5. The zero-order chi connectivity index (χ0) is 16.2. The van der Waals surface area contributed by atoms with Crippen molar-refractivity contribution in [2.24, 2.45) is 5.92 Å². The minimum absolute atomic E-state index is 0.0341. The van der Waals surface area contributed by atoms with E-state index in [9.17, 15) is 4.79 Å². The Morgan fingerprint density at radius 2 is 2.22 bits per heavy atom. The highest BCUT2D eigenvalue weighted by atomic mass is 16.5. The molecule has 0 fully saturated rings. The van der Waals surface area contributed by atoms with Gasteiger partial charge >= 0.3 is 0 Å². The molecular formula is C18H20N2O3. The molecule has 1 aliphatic rings. The van der Waals surface area contributed by atoms with Crippen LogP contribution in [0.1, 0.15) is 22.8 Å². The second-order valence-corrected chi connectivity index (χ2v) is 5.88. The van der Waals surface area contributed by atoms with E-state index in [0.717, 1.165) is 29.9 Å². The van der Waals surface area contributed by atoms with Gasteiger partial charge in [0.1, 0.15) is 5.75 Å². The molecule has 1 amide bonds. The number of carbonyl (C=O) groups is 1. The van der Waals surface area contributed by atoms with Crippen molar-refractivity contribution in [2.75, 3.05) is 19.8 Å². The molecule has 2 aromatic rings. The number of aromatic nitrogens is 1. The first-order valence-electron chi connectivity index (χ1n) is 7.77. The van der Waals surface area contributed by atoms with E-state index in [2.05, 4.69) is 16.4 Å². The van der Waals surface area contributed by atoms with Crippen LogP contribution in [-0.4, -0.2) is 35.8 Å². The van der Waals surface area contributed by atoms with E-state index in [1.54, 1.807) is 12.4 Å². The van der Waals surface area contributed by atoms with E-state index in [4.69, 9.17) is 9.84 Å². The van der Waals surface area contributed by atoms with Crippen LogP contribution in [0.15, 0.2) is 36.7 Å². The number of hydrogen-bond donors (Lipinski definition) is 2. The number of pyridine rings is 1. The summed E-state index contributed by atoms with van der Waals surface area (Å²) < 4.78 is 5.52. The van der Waals surface area contributed by atoms with Crippen LogP contribution >= 0.6 is 0 Å². The SMILES string of the molecule is CC(CO)CNC(=O)c1cncc(-c2ccc3c(c2)CCO3)c1. The predicted octanol–water partition coefficient (Wildman–Crippen LogP) is 2.04. The zero-order valence-electron chi connectivity index (χ0n) is 13.1. The summed E-state index contributed by atoms with van der Waals surface area (Å²) in [6, 6.07) is 7.88. The summed E-state index contributed by atoms with van der Waals surface area (Å²) in [5.74, 6) is 0.796. The molecule has 1 aliphatic heterocycles. The van der Waals surface area contributed by atoms with Crippen LogP contribution in [0.3, 0.4) is 0 Å². The third kappa shape index (κ3) is 3.51. The van der Waals surface area contributed by atoms with Crippen LogP contribution < -0.4 is 10.1 Å². The average molecular weight is 312 g/mol. The molecule has 2 heterocycles. The number of ether oxygens (including phenoxy) is 1. The highest BCUT2D eigenvalue weighted by molar-refractivity contribution is 5.95. The molecule has 5 heteroatoms. The first-order valence-corrected chi connectivity index (χ1v) is 7.77. The van der Waals surface area contributed by atoms with Crippen molar-refractivity contribution in [3.8, 4) is 16.9 Å². The highest BCUT2D eigenvalue weighted by Crippen LogP contribution is 2.30. The average Bonchev–Trinajstić information content (AvgIpc) is 3.07. The molecule has 3 rings (SSSR count). The molecule has 2 N–H and O–H groups in total. The van der Waals surface area contributed by atoms with Gasteiger partial charge in [0.05, 0.1) is 12.2 Å². The summed E-state index contributed by atoms with van der Waals surface area (Å²) in [4.78, 5) is 16.4. The van der Waals surface area contributed by atoms with Crippen molar-refractivity contribution in [2.45, 2.75) is 13.3 Å². The Morgan fingerprint density at radius 1 is 1.35 bits per heavy atom. The molecule has 0 radical (unpaired) electrons. The molecule has 0 aliphatic carbocycles. The van der Waals surface area contributed by atoms with Crippen molar-refractivity contribution in [3.05, 3.63) is 47.8 Å². The molecule has 1 unspecified atom stereocenters. The van der Waals surface area contributed by atoms with Gasteiger partial charge in [0.2, 0.25) is 0 Å². The van der Waals surface area contributed by atoms with E-state index in [0.29, 0.717) is 12.1 Å². The Balaban J connectivity index is 1.78. The fraction of sp³-hybridized carbons (Fsp3) is 0.333. The molecule has 0 saturated heterocycles. The van der Waals surface area contributed by atoms with E-state index in [-0.39, 0.29) is 18.4 Å². The van der Waals surface area contributed by atoms with Crippen molar-refractivity contribution >= 4 is 5.91 Å². The number of carbonyl (C=O) groups excluding carboxylic acids is 1. The van der Waals surface area contributed by atoms with Gasteiger partial charge in [-0.2, -0.15) is 0 Å². The molecule has 1 aromatic carbocycles. The maximum absolute atomic E-state index is 12.2. The maximum Gasteiger partial charge on any atom is 0.252 e. The summed E-state index contributed by atoms with van der Waals surface area (Å²) >= 11 is 0. The van der Waals surface area contributed by atoms with Crippen molar-refractivity contribution in [3.63, 3.8) is 0 Å². The standard InChI is InChI=1S/C18H20N2O3/c1-12(11-21)8-20-18(22)16-7-15(9-19-10-16)13-2-3-17-14(6-13)4-5-23-17/h2-3,6-7,9-10,12,21H,4-5,8,11H2,1H3,(H,20,22). The van der Waals surface area contributed by atoms with Gasteiger partial charge in [-0.25, -0.2) is 0 Å². The summed E-state index contributed by atoms with van der Waals surface area (Å²) in [7, 11) is 0. The van der Waals surface area contributed by atoms with Gasteiger partial charge in [0.25, 0.3) is 5.91 Å². The summed E-state index contributed by atoms with van der Waals surface area (Å²) in [5, 5.41) is 11.8. The number of aliphatic hydroxyl groups excluding tert-OH is 1. The number of hydrogen-bond acceptors (Lipinski definition) is 4. The fourth-order valence-corrected chi connectivity index (χ4v) is 2.52. The molecule has 23 heavy (non-hydrogen) atoms. The Kier molecular flexibility index (Phi) is 4.57. The molecular weight excluding hydrogens is 292 g/mol. The molecule has 0 bridgehead atoms. The second-order valence-electron chi connectivity index (χ2n) is 5.88. The summed E-state index contributed by atoms with van der Waals surface area (Å²) in [6.45, 7) is 3.09. The number of rotatable bonds is 5. The summed E-state index contributed by atoms with van der Waals surface area (Å²) in [5.41, 5.74) is 3.64. The van der Waals surface area contributed by atoms with E-state index in [1.807, 2.05) is 25.1 Å². The predicted molar refractivity (Wildman–Crippen MR) is 87.5 cm³/mol. The Labute approximate surface area is 135 Å². The van der Waals surface area contributed by atoms with Gasteiger partial charge < -0.3 is 15.2 Å². The molecule has 1 atom stereocenters. The van der Waals surface area contributed by atoms with Crippen LogP contribution in [0.4, 0.5) is 0 Å². The van der Waals surface area contributed by atoms with Crippen LogP contribution in [0, 0.1) is 5.92 Å². The van der Waals surface area contributed by atoms with Gasteiger partial charge in [-0.05, 0) is 35.2 Å². The van der Waals surface area contributed by atoms with Gasteiger partial charge in [-0.1, -0.05) is 13.0 Å². The van der Waals surface area contributed by atoms with Gasteiger partial charge in [0, 0.05) is 37.5 Å². The number of aliphatic hydroxyl groups is 1. The van der Waals surface area contributed by atoms with Crippen LogP contribution in [-0.2, 0) is 6.42 Å². The molecule has 0 saturated carbocycles. The lowest BCUT2D eigenvalue weighted by Gasteiger charge is -2.10. The lowest BCUT2D eigenvalue weighted by Crippen LogP contribution is -2.29. The topological polar surface area (TPSA) is 71.5 Å².